The Morgan fingerprint density at radius 1 is 1.44 bits per heavy atom. The fourth-order valence-corrected chi connectivity index (χ4v) is 0.526. The van der Waals surface area contributed by atoms with Crippen LogP contribution in [0.25, 0.3) is 0 Å². The van der Waals surface area contributed by atoms with Gasteiger partial charge in [0.15, 0.2) is 0 Å². The van der Waals surface area contributed by atoms with E-state index < -0.39 is 5.97 Å². The normalized spacial score (nSPS) is 8.11. The number of hydrogen-bond acceptors (Lipinski definition) is 1. The number of carbonyl (C=O) groups is 1. The van der Waals surface area contributed by atoms with E-state index >= 15 is 0 Å². The van der Waals surface area contributed by atoms with Gasteiger partial charge in [0.25, 0.3) is 0 Å². The molecule has 0 bridgehead atoms. The van der Waals surface area contributed by atoms with Gasteiger partial charge in [-0.3, -0.25) is 4.79 Å². The molecule has 0 aromatic heterocycles. The second-order valence-electron chi connectivity index (χ2n) is 1.85. The van der Waals surface area contributed by atoms with Gasteiger partial charge in [-0.1, -0.05) is 19.8 Å². The average Bonchev–Trinajstić information content (AvgIpc) is 1.66. The third-order valence-corrected chi connectivity index (χ3v) is 0.994. The van der Waals surface area contributed by atoms with Gasteiger partial charge in [-0.05, 0) is 6.42 Å². The monoisotopic (exact) mass is 164 g/mol. The van der Waals surface area contributed by atoms with E-state index in [1.54, 1.807) is 0 Å². The molecule has 0 saturated heterocycles. The molecule has 0 heterocycles. The van der Waals surface area contributed by atoms with Crippen LogP contribution >= 0.6 is 0 Å². The van der Waals surface area contributed by atoms with Crippen LogP contribution in [0.2, 0.25) is 0 Å². The Kier molecular flexibility index (Phi) is 10.8. The maximum absolute atomic E-state index is 9.87. The Morgan fingerprint density at radius 2 is 2.00 bits per heavy atom. The SMILES string of the molecule is CCCCCC(=O)O.[Ti]. The molecule has 9 heavy (non-hydrogen) atoms. The second kappa shape index (κ2) is 8.18. The van der Waals surface area contributed by atoms with Crippen molar-refractivity contribution in [2.45, 2.75) is 32.6 Å². The standard InChI is InChI=1S/C6H12O2.Ti/c1-2-3-4-5-6(7)8;/h2-5H2,1H3,(H,7,8);. The van der Waals surface area contributed by atoms with Crippen molar-refractivity contribution in [3.63, 3.8) is 0 Å². The molecule has 0 aliphatic carbocycles. The summed E-state index contributed by atoms with van der Waals surface area (Å²) in [5.74, 6) is -0.682. The van der Waals surface area contributed by atoms with Gasteiger partial charge in [0.2, 0.25) is 0 Å². The van der Waals surface area contributed by atoms with E-state index in [1.165, 1.54) is 0 Å². The van der Waals surface area contributed by atoms with Gasteiger partial charge >= 0.3 is 5.97 Å². The predicted octanol–water partition coefficient (Wildman–Crippen LogP) is 1.65. The zero-order valence-electron chi connectivity index (χ0n) is 5.68. The quantitative estimate of drug-likeness (QED) is 0.506. The van der Waals surface area contributed by atoms with E-state index in [9.17, 15) is 4.79 Å². The first-order valence-electron chi connectivity index (χ1n) is 2.99. The first-order chi connectivity index (χ1) is 3.77. The summed E-state index contributed by atoms with van der Waals surface area (Å²) in [4.78, 5) is 9.87. The van der Waals surface area contributed by atoms with Crippen LogP contribution in [0.15, 0.2) is 0 Å². The Bertz CT molecular complexity index is 73.5. The predicted molar refractivity (Wildman–Crippen MR) is 31.8 cm³/mol. The molecule has 0 radical (unpaired) electrons. The molecule has 52 valence electrons. The third-order valence-electron chi connectivity index (χ3n) is 0.994. The summed E-state index contributed by atoms with van der Waals surface area (Å²) in [5.41, 5.74) is 0. The van der Waals surface area contributed by atoms with Crippen LogP contribution in [0.4, 0.5) is 0 Å². The summed E-state index contributed by atoms with van der Waals surface area (Å²) in [7, 11) is 0. The van der Waals surface area contributed by atoms with E-state index in [0.29, 0.717) is 6.42 Å². The molecular weight excluding hydrogens is 152 g/mol. The van der Waals surface area contributed by atoms with E-state index in [2.05, 4.69) is 6.92 Å². The molecule has 3 heteroatoms. The van der Waals surface area contributed by atoms with Crippen LogP contribution in [-0.2, 0) is 26.5 Å². The molecule has 0 aliphatic rings. The van der Waals surface area contributed by atoms with Crippen LogP contribution in [0, 0.1) is 0 Å². The number of unbranched alkanes of at least 4 members (excludes halogenated alkanes) is 2. The van der Waals surface area contributed by atoms with Crippen LogP contribution in [-0.4, -0.2) is 11.1 Å². The van der Waals surface area contributed by atoms with Crippen molar-refractivity contribution in [1.82, 2.24) is 0 Å². The number of carboxylic acid groups (broad SMARTS) is 1. The third kappa shape index (κ3) is 11.6. The molecule has 1 N–H and O–H groups in total. The minimum absolute atomic E-state index is 0. The van der Waals surface area contributed by atoms with Gasteiger partial charge in [-0.15, -0.1) is 0 Å². The number of aliphatic carboxylic acids is 1. The molecule has 0 saturated carbocycles. The molecule has 0 aliphatic heterocycles. The maximum atomic E-state index is 9.87. The number of rotatable bonds is 4. The zero-order chi connectivity index (χ0) is 6.41. The van der Waals surface area contributed by atoms with Gasteiger partial charge in [0.1, 0.15) is 0 Å². The van der Waals surface area contributed by atoms with E-state index in [1.807, 2.05) is 0 Å². The summed E-state index contributed by atoms with van der Waals surface area (Å²) in [6, 6.07) is 0. The topological polar surface area (TPSA) is 37.3 Å². The molecular formula is C6H12O2Ti. The molecule has 0 aromatic rings. The fourth-order valence-electron chi connectivity index (χ4n) is 0.526. The molecule has 2 nitrogen and oxygen atoms in total. The van der Waals surface area contributed by atoms with Gasteiger partial charge in [-0.25, -0.2) is 0 Å². The van der Waals surface area contributed by atoms with Gasteiger partial charge < -0.3 is 5.11 Å². The van der Waals surface area contributed by atoms with Gasteiger partial charge in [0.05, 0.1) is 0 Å². The Morgan fingerprint density at radius 3 is 2.33 bits per heavy atom. The maximum Gasteiger partial charge on any atom is 0.303 e. The fraction of sp³-hybridized carbons (Fsp3) is 0.833. The minimum Gasteiger partial charge on any atom is -0.481 e. The van der Waals surface area contributed by atoms with Crippen molar-refractivity contribution >= 4 is 5.97 Å². The molecule has 0 unspecified atom stereocenters. The second-order valence-corrected chi connectivity index (χ2v) is 1.85. The van der Waals surface area contributed by atoms with E-state index in [4.69, 9.17) is 5.11 Å². The summed E-state index contributed by atoms with van der Waals surface area (Å²) < 4.78 is 0. The summed E-state index contributed by atoms with van der Waals surface area (Å²) in [6.45, 7) is 2.06. The molecule has 0 fully saturated rings. The molecule has 0 spiro atoms. The Balaban J connectivity index is 0. The Hall–Kier alpha value is 0.184. The van der Waals surface area contributed by atoms with Crippen LogP contribution in [0.5, 0.6) is 0 Å². The van der Waals surface area contributed by atoms with Crippen LogP contribution < -0.4 is 0 Å². The van der Waals surface area contributed by atoms with E-state index in [0.717, 1.165) is 19.3 Å². The first kappa shape index (κ1) is 11.9. The molecule has 0 rings (SSSR count). The molecule has 0 amide bonds. The molecule has 0 atom stereocenters. The average molecular weight is 164 g/mol. The van der Waals surface area contributed by atoms with Crippen molar-refractivity contribution in [3.8, 4) is 0 Å². The zero-order valence-corrected chi connectivity index (χ0v) is 7.25. The van der Waals surface area contributed by atoms with Crippen molar-refractivity contribution in [1.29, 1.82) is 0 Å². The van der Waals surface area contributed by atoms with Crippen LogP contribution in [0.3, 0.4) is 0 Å². The van der Waals surface area contributed by atoms with Crippen LogP contribution in [0.1, 0.15) is 32.6 Å². The summed E-state index contributed by atoms with van der Waals surface area (Å²) >= 11 is 0. The van der Waals surface area contributed by atoms with Crippen molar-refractivity contribution in [2.75, 3.05) is 0 Å². The first-order valence-corrected chi connectivity index (χ1v) is 2.99. The van der Waals surface area contributed by atoms with E-state index in [-0.39, 0.29) is 21.7 Å². The number of hydrogen-bond donors (Lipinski definition) is 1. The summed E-state index contributed by atoms with van der Waals surface area (Å²) in [5, 5.41) is 8.14. The van der Waals surface area contributed by atoms with Crippen molar-refractivity contribution in [2.24, 2.45) is 0 Å². The van der Waals surface area contributed by atoms with Gasteiger partial charge in [0, 0.05) is 28.1 Å². The minimum atomic E-state index is -0.682. The largest absolute Gasteiger partial charge is 0.481 e. The van der Waals surface area contributed by atoms with Crippen molar-refractivity contribution < 1.29 is 31.6 Å². The number of carboxylic acids is 1. The summed E-state index contributed by atoms with van der Waals surface area (Å²) in [6.07, 6.45) is 3.28. The Labute approximate surface area is 70.5 Å². The molecule has 0 aromatic carbocycles. The smallest absolute Gasteiger partial charge is 0.303 e. The van der Waals surface area contributed by atoms with Crippen molar-refractivity contribution in [3.05, 3.63) is 0 Å². The van der Waals surface area contributed by atoms with Gasteiger partial charge in [-0.2, -0.15) is 0 Å².